The first kappa shape index (κ1) is 28.3. The molecule has 2 aromatic carbocycles. The van der Waals surface area contributed by atoms with E-state index in [0.29, 0.717) is 50.4 Å². The van der Waals surface area contributed by atoms with E-state index >= 15 is 0 Å². The van der Waals surface area contributed by atoms with Gasteiger partial charge in [0.2, 0.25) is 17.7 Å². The Kier molecular flexibility index (Phi) is 8.26. The lowest BCUT2D eigenvalue weighted by Crippen LogP contribution is -2.54. The van der Waals surface area contributed by atoms with Crippen LogP contribution in [-0.4, -0.2) is 60.9 Å². The fourth-order valence-electron chi connectivity index (χ4n) is 6.66. The monoisotopic (exact) mass is 548 g/mol. The number of aryl methyl sites for hydroxylation is 1. The Bertz CT molecular complexity index is 1240. The molecule has 3 atom stereocenters. The van der Waals surface area contributed by atoms with E-state index in [9.17, 15) is 18.8 Å². The van der Waals surface area contributed by atoms with Crippen LogP contribution in [0.15, 0.2) is 48.5 Å². The number of piperidine rings is 1. The van der Waals surface area contributed by atoms with E-state index in [1.165, 1.54) is 12.1 Å². The Labute approximate surface area is 236 Å². The van der Waals surface area contributed by atoms with E-state index in [0.717, 1.165) is 30.5 Å². The number of carbonyl (C=O) groups is 3. The lowest BCUT2D eigenvalue weighted by molar-refractivity contribution is -0.138. The van der Waals surface area contributed by atoms with Crippen molar-refractivity contribution in [2.45, 2.75) is 82.3 Å². The Balaban J connectivity index is 1.26. The fourth-order valence-corrected chi connectivity index (χ4v) is 6.66. The molecule has 1 aliphatic carbocycles. The third-order valence-corrected chi connectivity index (χ3v) is 9.18. The van der Waals surface area contributed by atoms with Crippen molar-refractivity contribution < 1.29 is 18.8 Å². The maximum Gasteiger partial charge on any atom is 0.245 e. The number of fused-ring (bicyclic) bond motifs is 1. The molecule has 1 saturated heterocycles. The normalized spacial score (nSPS) is 23.2. The van der Waals surface area contributed by atoms with Crippen LogP contribution in [0.1, 0.15) is 63.5 Å². The molecule has 2 N–H and O–H groups in total. The molecule has 2 aromatic rings. The van der Waals surface area contributed by atoms with Crippen LogP contribution in [0.5, 0.6) is 0 Å². The molecule has 0 spiro atoms. The molecule has 0 radical (unpaired) electrons. The first-order valence-corrected chi connectivity index (χ1v) is 14.6. The van der Waals surface area contributed by atoms with E-state index in [1.807, 2.05) is 61.0 Å². The third-order valence-electron chi connectivity index (χ3n) is 9.18. The number of carbonyl (C=O) groups excluding carboxylic acids is 3. The largest absolute Gasteiger partial charge is 0.344 e. The van der Waals surface area contributed by atoms with Gasteiger partial charge in [-0.25, -0.2) is 4.39 Å². The summed E-state index contributed by atoms with van der Waals surface area (Å²) < 4.78 is 14.0. The van der Waals surface area contributed by atoms with Gasteiger partial charge >= 0.3 is 0 Å². The van der Waals surface area contributed by atoms with Gasteiger partial charge < -0.3 is 20.4 Å². The van der Waals surface area contributed by atoms with Crippen LogP contribution in [0.4, 0.5) is 10.1 Å². The zero-order valence-electron chi connectivity index (χ0n) is 23.8. The summed E-state index contributed by atoms with van der Waals surface area (Å²) in [4.78, 5) is 44.1. The first-order valence-electron chi connectivity index (χ1n) is 14.6. The molecule has 0 bridgehead atoms. The first-order chi connectivity index (χ1) is 19.2. The summed E-state index contributed by atoms with van der Waals surface area (Å²) in [6.45, 7) is 4.70. The van der Waals surface area contributed by atoms with Crippen molar-refractivity contribution in [3.05, 3.63) is 65.5 Å². The highest BCUT2D eigenvalue weighted by Gasteiger charge is 2.47. The van der Waals surface area contributed by atoms with Crippen LogP contribution in [-0.2, 0) is 26.2 Å². The summed E-state index contributed by atoms with van der Waals surface area (Å²) in [5.74, 6) is -0.536. The second-order valence-electron chi connectivity index (χ2n) is 12.1. The Morgan fingerprint density at radius 3 is 2.45 bits per heavy atom. The molecular formula is C32H41FN4O3. The molecule has 0 unspecified atom stereocenters. The van der Waals surface area contributed by atoms with Crippen molar-refractivity contribution in [3.8, 4) is 0 Å². The van der Waals surface area contributed by atoms with Crippen molar-refractivity contribution in [1.82, 2.24) is 15.5 Å². The number of rotatable bonds is 8. The minimum atomic E-state index is -0.788. The van der Waals surface area contributed by atoms with Gasteiger partial charge in [-0.15, -0.1) is 0 Å². The van der Waals surface area contributed by atoms with Crippen molar-refractivity contribution in [2.24, 2.45) is 5.92 Å². The van der Waals surface area contributed by atoms with E-state index < -0.39 is 11.5 Å². The zero-order chi connectivity index (χ0) is 28.4. The topological polar surface area (TPSA) is 81.8 Å². The number of benzene rings is 2. The molecule has 1 saturated carbocycles. The molecular weight excluding hydrogens is 507 g/mol. The van der Waals surface area contributed by atoms with Gasteiger partial charge in [-0.1, -0.05) is 30.3 Å². The lowest BCUT2D eigenvalue weighted by atomic mass is 9.86. The summed E-state index contributed by atoms with van der Waals surface area (Å²) >= 11 is 0. The molecule has 3 amide bonds. The average molecular weight is 549 g/mol. The fraction of sp³-hybridized carbons (Fsp3) is 0.531. The number of likely N-dealkylation sites (tertiary alicyclic amines) is 1. The second-order valence-corrected chi connectivity index (χ2v) is 12.1. The van der Waals surface area contributed by atoms with E-state index in [4.69, 9.17) is 0 Å². The standard InChI is InChI=1S/C32H41FN4O3/c1-32(2)26-20-23(33)11-14-28(26)37(31(32)40)25-15-17-36(18-16-25)30(39)27(13-9-21-7-5-4-6-8-21)35-29(38)22-10-12-24(19-22)34-3/h4-8,11,14,20,22,24-25,27,34H,9-10,12-13,15-19H2,1-3H3,(H,35,38)/t22-,24+,27-/m0/s1. The van der Waals surface area contributed by atoms with Gasteiger partial charge in [0.05, 0.1) is 5.41 Å². The molecule has 2 aliphatic heterocycles. The number of hydrogen-bond donors (Lipinski definition) is 2. The summed E-state index contributed by atoms with van der Waals surface area (Å²) in [5, 5.41) is 6.38. The van der Waals surface area contributed by atoms with Crippen LogP contribution >= 0.6 is 0 Å². The van der Waals surface area contributed by atoms with Gasteiger partial charge in [0.1, 0.15) is 11.9 Å². The molecule has 5 rings (SSSR count). The number of hydrogen-bond acceptors (Lipinski definition) is 4. The van der Waals surface area contributed by atoms with Gasteiger partial charge in [0, 0.05) is 36.8 Å². The minimum absolute atomic E-state index is 0.0256. The van der Waals surface area contributed by atoms with Gasteiger partial charge in [0.25, 0.3) is 0 Å². The minimum Gasteiger partial charge on any atom is -0.344 e. The van der Waals surface area contributed by atoms with E-state index in [2.05, 4.69) is 10.6 Å². The number of anilines is 1. The van der Waals surface area contributed by atoms with Gasteiger partial charge in [0.15, 0.2) is 0 Å². The van der Waals surface area contributed by atoms with Crippen LogP contribution in [0.2, 0.25) is 0 Å². The molecule has 40 heavy (non-hydrogen) atoms. The Morgan fingerprint density at radius 2 is 1.77 bits per heavy atom. The lowest BCUT2D eigenvalue weighted by Gasteiger charge is -2.39. The predicted octanol–water partition coefficient (Wildman–Crippen LogP) is 3.95. The third kappa shape index (κ3) is 5.64. The van der Waals surface area contributed by atoms with Gasteiger partial charge in [-0.3, -0.25) is 14.4 Å². The van der Waals surface area contributed by atoms with Crippen LogP contribution in [0.3, 0.4) is 0 Å². The number of nitrogens with one attached hydrogen (secondary N) is 2. The summed E-state index contributed by atoms with van der Waals surface area (Å²) in [7, 11) is 1.92. The van der Waals surface area contributed by atoms with Crippen molar-refractivity contribution in [2.75, 3.05) is 25.0 Å². The highest BCUT2D eigenvalue weighted by molar-refractivity contribution is 6.08. The van der Waals surface area contributed by atoms with Gasteiger partial charge in [-0.05, 0) is 95.2 Å². The Morgan fingerprint density at radius 1 is 1.05 bits per heavy atom. The molecule has 214 valence electrons. The van der Waals surface area contributed by atoms with Crippen LogP contribution < -0.4 is 15.5 Å². The Hall–Kier alpha value is -3.26. The second kappa shape index (κ2) is 11.7. The van der Waals surface area contributed by atoms with Crippen molar-refractivity contribution >= 4 is 23.4 Å². The van der Waals surface area contributed by atoms with Crippen LogP contribution in [0.25, 0.3) is 0 Å². The average Bonchev–Trinajstić information content (AvgIpc) is 3.52. The molecule has 0 aromatic heterocycles. The van der Waals surface area contributed by atoms with Gasteiger partial charge in [-0.2, -0.15) is 0 Å². The molecule has 2 heterocycles. The number of halogens is 1. The van der Waals surface area contributed by atoms with E-state index in [1.54, 1.807) is 6.07 Å². The summed E-state index contributed by atoms with van der Waals surface area (Å²) in [6.07, 6.45) is 5.09. The quantitative estimate of drug-likeness (QED) is 0.524. The maximum absolute atomic E-state index is 14.0. The number of amides is 3. The number of nitrogens with zero attached hydrogens (tertiary/aromatic N) is 2. The smallest absolute Gasteiger partial charge is 0.245 e. The van der Waals surface area contributed by atoms with Crippen molar-refractivity contribution in [3.63, 3.8) is 0 Å². The SMILES string of the molecule is CN[C@@H]1CC[C@H](C(=O)N[C@@H](CCc2ccccc2)C(=O)N2CCC(N3C(=O)C(C)(C)c4cc(F)ccc43)CC2)C1. The highest BCUT2D eigenvalue weighted by atomic mass is 19.1. The molecule has 3 aliphatic rings. The molecule has 8 heteroatoms. The van der Waals surface area contributed by atoms with Crippen LogP contribution in [0, 0.1) is 11.7 Å². The summed E-state index contributed by atoms with van der Waals surface area (Å²) in [5.41, 5.74) is 1.83. The molecule has 7 nitrogen and oxygen atoms in total. The maximum atomic E-state index is 14.0. The summed E-state index contributed by atoms with van der Waals surface area (Å²) in [6, 6.07) is 14.3. The molecule has 2 fully saturated rings. The highest BCUT2D eigenvalue weighted by Crippen LogP contribution is 2.44. The van der Waals surface area contributed by atoms with E-state index in [-0.39, 0.29) is 35.5 Å². The predicted molar refractivity (Wildman–Crippen MR) is 153 cm³/mol. The van der Waals surface area contributed by atoms with Crippen molar-refractivity contribution in [1.29, 1.82) is 0 Å². The zero-order valence-corrected chi connectivity index (χ0v) is 23.8.